The molecule has 1 aliphatic carbocycles. The van der Waals surface area contributed by atoms with Crippen LogP contribution in [0, 0.1) is 0 Å². The molecule has 3 aliphatic rings. The molecule has 1 atom stereocenters. The van der Waals surface area contributed by atoms with Gasteiger partial charge in [0.1, 0.15) is 17.6 Å². The lowest BCUT2D eigenvalue weighted by Gasteiger charge is -2.41. The summed E-state index contributed by atoms with van der Waals surface area (Å²) in [4.78, 5) is 24.2. The van der Waals surface area contributed by atoms with Gasteiger partial charge in [-0.05, 0) is 35.3 Å². The predicted octanol–water partition coefficient (Wildman–Crippen LogP) is 1.52. The van der Waals surface area contributed by atoms with Crippen molar-refractivity contribution in [2.24, 2.45) is 0 Å². The Labute approximate surface area is 163 Å². The molecular weight excluding hydrogens is 389 g/mol. The Morgan fingerprint density at radius 3 is 2.41 bits per heavy atom. The molecule has 1 saturated carbocycles. The van der Waals surface area contributed by atoms with Crippen LogP contribution < -0.4 is 0 Å². The molecule has 2 aliphatic heterocycles. The van der Waals surface area contributed by atoms with Gasteiger partial charge in [0, 0.05) is 44.5 Å². The van der Waals surface area contributed by atoms with E-state index in [1.165, 1.54) is 12.4 Å². The molecule has 9 nitrogen and oxygen atoms in total. The number of aromatic nitrogens is 6. The summed E-state index contributed by atoms with van der Waals surface area (Å²) in [5.74, 6) is -0.0985. The number of hydrogen-bond donors (Lipinski definition) is 0. The SMILES string of the molecule is O=C(N1CC(c2cnc(C3(C(F)(F)F)CC3)nc2)C1)N1CC[C@H](n2cnnn2)C1. The van der Waals surface area contributed by atoms with Crippen LogP contribution in [-0.4, -0.2) is 78.4 Å². The molecule has 0 spiro atoms. The first kappa shape index (κ1) is 18.3. The highest BCUT2D eigenvalue weighted by Crippen LogP contribution is 2.57. The maximum absolute atomic E-state index is 13.2. The van der Waals surface area contributed by atoms with Gasteiger partial charge in [-0.1, -0.05) is 0 Å². The fourth-order valence-electron chi connectivity index (χ4n) is 4.07. The van der Waals surface area contributed by atoms with Crippen molar-refractivity contribution < 1.29 is 18.0 Å². The summed E-state index contributed by atoms with van der Waals surface area (Å²) >= 11 is 0. The largest absolute Gasteiger partial charge is 0.401 e. The van der Waals surface area contributed by atoms with Gasteiger partial charge < -0.3 is 9.80 Å². The topological polar surface area (TPSA) is 92.9 Å². The Morgan fingerprint density at radius 1 is 1.10 bits per heavy atom. The van der Waals surface area contributed by atoms with E-state index in [1.54, 1.807) is 20.8 Å². The zero-order valence-corrected chi connectivity index (χ0v) is 15.5. The van der Waals surface area contributed by atoms with Crippen LogP contribution in [0.1, 0.15) is 42.6 Å². The van der Waals surface area contributed by atoms with Crippen molar-refractivity contribution in [3.8, 4) is 0 Å². The molecule has 0 bridgehead atoms. The second-order valence-corrected chi connectivity index (χ2v) is 7.98. The second-order valence-electron chi connectivity index (χ2n) is 7.98. The van der Waals surface area contributed by atoms with Crippen molar-refractivity contribution in [2.75, 3.05) is 26.2 Å². The molecule has 0 unspecified atom stereocenters. The highest BCUT2D eigenvalue weighted by Gasteiger charge is 2.66. The van der Waals surface area contributed by atoms with Gasteiger partial charge in [-0.3, -0.25) is 0 Å². The lowest BCUT2D eigenvalue weighted by Crippen LogP contribution is -2.53. The van der Waals surface area contributed by atoms with Gasteiger partial charge in [0.2, 0.25) is 0 Å². The maximum Gasteiger partial charge on any atom is 0.401 e. The standard InChI is InChI=1S/C17H19F3N8O/c18-17(19,20)16(2-3-16)14-21-5-11(6-22-14)12-7-27(8-12)15(29)26-4-1-13(9-26)28-10-23-24-25-28/h5-6,10,12-13H,1-4,7-9H2/t13-/m0/s1. The van der Waals surface area contributed by atoms with Gasteiger partial charge in [0.15, 0.2) is 0 Å². The number of rotatable bonds is 3. The highest BCUT2D eigenvalue weighted by atomic mass is 19.4. The molecule has 0 aromatic carbocycles. The molecule has 4 heterocycles. The zero-order chi connectivity index (χ0) is 20.2. The van der Waals surface area contributed by atoms with Gasteiger partial charge in [0.25, 0.3) is 0 Å². The third-order valence-corrected chi connectivity index (χ3v) is 6.19. The number of carbonyl (C=O) groups excluding carboxylic acids is 1. The summed E-state index contributed by atoms with van der Waals surface area (Å²) in [6.07, 6.45) is 1.07. The number of carbonyl (C=O) groups is 1. The Kier molecular flexibility index (Phi) is 4.00. The van der Waals surface area contributed by atoms with E-state index < -0.39 is 11.6 Å². The Morgan fingerprint density at radius 2 is 1.83 bits per heavy atom. The summed E-state index contributed by atoms with van der Waals surface area (Å²) in [7, 11) is 0. The number of urea groups is 1. The molecule has 2 amide bonds. The van der Waals surface area contributed by atoms with E-state index in [1.807, 2.05) is 0 Å². The van der Waals surface area contributed by atoms with Crippen molar-refractivity contribution in [1.82, 2.24) is 40.0 Å². The minimum Gasteiger partial charge on any atom is -0.323 e. The summed E-state index contributed by atoms with van der Waals surface area (Å²) in [6, 6.07) is 0.0405. The van der Waals surface area contributed by atoms with Gasteiger partial charge in [-0.25, -0.2) is 19.4 Å². The molecule has 2 saturated heterocycles. The van der Waals surface area contributed by atoms with E-state index in [0.717, 1.165) is 12.0 Å². The van der Waals surface area contributed by atoms with Crippen molar-refractivity contribution in [1.29, 1.82) is 0 Å². The molecular formula is C17H19F3N8O. The van der Waals surface area contributed by atoms with Crippen LogP contribution in [-0.2, 0) is 5.41 Å². The number of halogens is 3. The minimum atomic E-state index is -4.32. The number of hydrogen-bond acceptors (Lipinski definition) is 6. The smallest absolute Gasteiger partial charge is 0.323 e. The van der Waals surface area contributed by atoms with Crippen molar-refractivity contribution in [3.63, 3.8) is 0 Å². The number of alkyl halides is 3. The van der Waals surface area contributed by atoms with E-state index in [4.69, 9.17) is 0 Å². The number of amides is 2. The van der Waals surface area contributed by atoms with Crippen LogP contribution >= 0.6 is 0 Å². The molecule has 0 radical (unpaired) electrons. The Balaban J connectivity index is 1.17. The molecule has 12 heteroatoms. The van der Waals surface area contributed by atoms with Gasteiger partial charge in [-0.15, -0.1) is 5.10 Å². The lowest BCUT2D eigenvalue weighted by molar-refractivity contribution is -0.162. The van der Waals surface area contributed by atoms with E-state index in [0.29, 0.717) is 26.2 Å². The zero-order valence-electron chi connectivity index (χ0n) is 15.5. The van der Waals surface area contributed by atoms with Gasteiger partial charge in [-0.2, -0.15) is 13.2 Å². The summed E-state index contributed by atoms with van der Waals surface area (Å²) in [5, 5.41) is 11.1. The quantitative estimate of drug-likeness (QED) is 0.765. The highest BCUT2D eigenvalue weighted by molar-refractivity contribution is 5.76. The van der Waals surface area contributed by atoms with Crippen molar-refractivity contribution in [3.05, 3.63) is 30.1 Å². The molecule has 5 rings (SSSR count). The summed E-state index contributed by atoms with van der Waals surface area (Å²) < 4.78 is 41.2. The van der Waals surface area contributed by atoms with E-state index in [2.05, 4.69) is 25.5 Å². The molecule has 29 heavy (non-hydrogen) atoms. The summed E-state index contributed by atoms with van der Waals surface area (Å²) in [6.45, 7) is 2.22. The van der Waals surface area contributed by atoms with Crippen LogP contribution in [0.2, 0.25) is 0 Å². The van der Waals surface area contributed by atoms with Crippen LogP contribution in [0.25, 0.3) is 0 Å². The first-order chi connectivity index (χ1) is 13.9. The molecule has 154 valence electrons. The van der Waals surface area contributed by atoms with Gasteiger partial charge >= 0.3 is 12.2 Å². The van der Waals surface area contributed by atoms with Crippen LogP contribution in [0.5, 0.6) is 0 Å². The van der Waals surface area contributed by atoms with Gasteiger partial charge in [0.05, 0.1) is 6.04 Å². The van der Waals surface area contributed by atoms with E-state index >= 15 is 0 Å². The van der Waals surface area contributed by atoms with Crippen LogP contribution in [0.3, 0.4) is 0 Å². The summed E-state index contributed by atoms with van der Waals surface area (Å²) in [5.41, 5.74) is -1.09. The number of nitrogens with zero attached hydrogens (tertiary/aromatic N) is 8. The Hall–Kier alpha value is -2.79. The lowest BCUT2D eigenvalue weighted by atomic mass is 9.94. The molecule has 2 aromatic heterocycles. The van der Waals surface area contributed by atoms with Crippen LogP contribution in [0.15, 0.2) is 18.7 Å². The fraction of sp³-hybridized carbons (Fsp3) is 0.647. The van der Waals surface area contributed by atoms with E-state index in [-0.39, 0.29) is 36.7 Å². The third-order valence-electron chi connectivity index (χ3n) is 6.19. The average molecular weight is 408 g/mol. The maximum atomic E-state index is 13.2. The average Bonchev–Trinajstić information content (AvgIpc) is 3.08. The number of tetrazole rings is 1. The van der Waals surface area contributed by atoms with Crippen molar-refractivity contribution >= 4 is 6.03 Å². The Bertz CT molecular complexity index is 890. The monoisotopic (exact) mass is 408 g/mol. The van der Waals surface area contributed by atoms with E-state index in [9.17, 15) is 18.0 Å². The normalized spacial score (nSPS) is 23.9. The predicted molar refractivity (Wildman–Crippen MR) is 91.8 cm³/mol. The fourth-order valence-corrected chi connectivity index (χ4v) is 4.07. The molecule has 0 N–H and O–H groups in total. The molecule has 2 aromatic rings. The van der Waals surface area contributed by atoms with Crippen molar-refractivity contribution in [2.45, 2.75) is 42.8 Å². The first-order valence-corrected chi connectivity index (χ1v) is 9.53. The van der Waals surface area contributed by atoms with Crippen LogP contribution in [0.4, 0.5) is 18.0 Å². The number of likely N-dealkylation sites (tertiary alicyclic amines) is 2. The first-order valence-electron chi connectivity index (χ1n) is 9.53. The minimum absolute atomic E-state index is 0.0385. The third kappa shape index (κ3) is 3.01. The molecule has 3 fully saturated rings. The second kappa shape index (κ2) is 6.36.